The molecule has 3 N–H and O–H groups in total. The van der Waals surface area contributed by atoms with E-state index in [1.165, 1.54) is 24.3 Å². The molecule has 154 valence electrons. The minimum absolute atomic E-state index is 0. The molecule has 0 radical (unpaired) electrons. The van der Waals surface area contributed by atoms with Crippen LogP contribution in [0.2, 0.25) is 0 Å². The van der Waals surface area contributed by atoms with Gasteiger partial charge in [0.05, 0.1) is 18.8 Å². The molecule has 0 bridgehead atoms. The third-order valence-electron chi connectivity index (χ3n) is 3.61. The number of benzene rings is 2. The molecule has 1 heterocycles. The van der Waals surface area contributed by atoms with Gasteiger partial charge in [-0.25, -0.2) is 9.98 Å². The summed E-state index contributed by atoms with van der Waals surface area (Å²) in [4.78, 5) is 8.72. The van der Waals surface area contributed by atoms with Crippen molar-refractivity contribution in [2.24, 2.45) is 10.7 Å². The van der Waals surface area contributed by atoms with E-state index in [1.807, 2.05) is 35.7 Å². The smallest absolute Gasteiger partial charge is 0.406 e. The molecule has 0 saturated heterocycles. The van der Waals surface area contributed by atoms with Crippen molar-refractivity contribution >= 4 is 41.3 Å². The number of hydrogen-bond acceptors (Lipinski definition) is 4. The molecule has 0 aliphatic rings. The summed E-state index contributed by atoms with van der Waals surface area (Å²) in [5, 5.41) is 5.85. The van der Waals surface area contributed by atoms with E-state index in [4.69, 9.17) is 5.73 Å². The topological polar surface area (TPSA) is 72.5 Å². The number of ether oxygens (including phenoxy) is 1. The highest BCUT2D eigenvalue weighted by atomic mass is 127. The minimum atomic E-state index is -4.70. The molecule has 0 spiro atoms. The molecule has 29 heavy (non-hydrogen) atoms. The number of nitrogens with zero attached hydrogens (tertiary/aromatic N) is 2. The third-order valence-corrected chi connectivity index (χ3v) is 4.55. The zero-order valence-corrected chi connectivity index (χ0v) is 18.2. The molecule has 3 rings (SSSR count). The zero-order valence-electron chi connectivity index (χ0n) is 15.0. The van der Waals surface area contributed by atoms with Crippen LogP contribution in [0.3, 0.4) is 0 Å². The number of guanidine groups is 1. The summed E-state index contributed by atoms with van der Waals surface area (Å²) in [6.45, 7) is 0.661. The molecule has 5 nitrogen and oxygen atoms in total. The van der Waals surface area contributed by atoms with Crippen molar-refractivity contribution in [2.45, 2.75) is 19.5 Å². The summed E-state index contributed by atoms with van der Waals surface area (Å²) >= 11 is 1.55. The third kappa shape index (κ3) is 7.54. The van der Waals surface area contributed by atoms with Crippen LogP contribution in [-0.2, 0) is 13.1 Å². The first kappa shape index (κ1) is 22.9. The Labute approximate surface area is 186 Å². The lowest BCUT2D eigenvalue weighted by atomic mass is 10.2. The first-order chi connectivity index (χ1) is 13.4. The monoisotopic (exact) mass is 534 g/mol. The molecule has 0 aliphatic carbocycles. The second kappa shape index (κ2) is 10.4. The number of halogens is 4. The first-order valence-corrected chi connectivity index (χ1v) is 9.15. The maximum Gasteiger partial charge on any atom is 0.573 e. The highest BCUT2D eigenvalue weighted by Crippen LogP contribution is 2.24. The van der Waals surface area contributed by atoms with Gasteiger partial charge < -0.3 is 15.8 Å². The maximum atomic E-state index is 12.1. The molecule has 0 saturated carbocycles. The Hall–Kier alpha value is -2.34. The van der Waals surface area contributed by atoms with E-state index in [0.717, 1.165) is 16.3 Å². The summed E-state index contributed by atoms with van der Waals surface area (Å²) in [7, 11) is 0. The largest absolute Gasteiger partial charge is 0.573 e. The Morgan fingerprint density at radius 2 is 1.79 bits per heavy atom. The molecule has 0 fully saturated rings. The van der Waals surface area contributed by atoms with E-state index in [9.17, 15) is 13.2 Å². The van der Waals surface area contributed by atoms with Gasteiger partial charge in [-0.15, -0.1) is 48.5 Å². The van der Waals surface area contributed by atoms with Crippen LogP contribution >= 0.6 is 35.3 Å². The van der Waals surface area contributed by atoms with E-state index >= 15 is 0 Å². The normalized spacial score (nSPS) is 11.6. The van der Waals surface area contributed by atoms with Crippen molar-refractivity contribution in [3.8, 4) is 16.3 Å². The van der Waals surface area contributed by atoms with Gasteiger partial charge in [0.25, 0.3) is 0 Å². The van der Waals surface area contributed by atoms with Crippen molar-refractivity contribution in [3.05, 3.63) is 71.2 Å². The number of alkyl halides is 3. The van der Waals surface area contributed by atoms with Crippen LogP contribution < -0.4 is 15.8 Å². The van der Waals surface area contributed by atoms with Gasteiger partial charge in [-0.3, -0.25) is 0 Å². The van der Waals surface area contributed by atoms with Gasteiger partial charge in [-0.1, -0.05) is 42.5 Å². The molecule has 10 heteroatoms. The number of nitrogens with one attached hydrogen (secondary N) is 1. The Morgan fingerprint density at radius 3 is 2.45 bits per heavy atom. The first-order valence-electron chi connectivity index (χ1n) is 8.27. The van der Waals surface area contributed by atoms with Gasteiger partial charge in [-0.2, -0.15) is 0 Å². The summed E-state index contributed by atoms with van der Waals surface area (Å²) in [5.74, 6) is -0.0473. The van der Waals surface area contributed by atoms with Gasteiger partial charge in [0.1, 0.15) is 10.8 Å². The molecular weight excluding hydrogens is 516 g/mol. The maximum absolute atomic E-state index is 12.1. The summed E-state index contributed by atoms with van der Waals surface area (Å²) < 4.78 is 40.3. The second-order valence-corrected chi connectivity index (χ2v) is 6.61. The lowest BCUT2D eigenvalue weighted by Crippen LogP contribution is -2.31. The molecule has 0 atom stereocenters. The second-order valence-electron chi connectivity index (χ2n) is 5.76. The quantitative estimate of drug-likeness (QED) is 0.267. The molecule has 0 aliphatic heterocycles. The van der Waals surface area contributed by atoms with E-state index < -0.39 is 6.36 Å². The van der Waals surface area contributed by atoms with Crippen molar-refractivity contribution < 1.29 is 17.9 Å². The number of rotatable bonds is 6. The van der Waals surface area contributed by atoms with Gasteiger partial charge in [-0.05, 0) is 17.7 Å². The Kier molecular flexibility index (Phi) is 8.26. The van der Waals surface area contributed by atoms with Gasteiger partial charge >= 0.3 is 6.36 Å². The predicted octanol–water partition coefficient (Wildman–Crippen LogP) is 4.93. The van der Waals surface area contributed by atoms with Crippen LogP contribution in [0.5, 0.6) is 5.75 Å². The zero-order chi connectivity index (χ0) is 20.0. The fraction of sp³-hybridized carbons (Fsp3) is 0.158. The van der Waals surface area contributed by atoms with E-state index in [1.54, 1.807) is 11.3 Å². The number of aromatic nitrogens is 1. The molecule has 3 aromatic rings. The number of aliphatic imine (C=N–C) groups is 1. The number of nitrogens with two attached hydrogens (primary N) is 1. The Morgan fingerprint density at radius 1 is 1.10 bits per heavy atom. The number of hydrogen-bond donors (Lipinski definition) is 2. The van der Waals surface area contributed by atoms with Crippen LogP contribution in [0.4, 0.5) is 13.2 Å². The average Bonchev–Trinajstić information content (AvgIpc) is 3.14. The summed E-state index contributed by atoms with van der Waals surface area (Å²) in [6.07, 6.45) is -4.70. The summed E-state index contributed by atoms with van der Waals surface area (Å²) in [5.41, 5.74) is 8.45. The van der Waals surface area contributed by atoms with Crippen LogP contribution in [-0.4, -0.2) is 17.3 Å². The lowest BCUT2D eigenvalue weighted by molar-refractivity contribution is -0.274. The lowest BCUT2D eigenvalue weighted by Gasteiger charge is -2.09. The Balaban J connectivity index is 0.00000300. The molecule has 2 aromatic carbocycles. The predicted molar refractivity (Wildman–Crippen MR) is 118 cm³/mol. The average molecular weight is 534 g/mol. The van der Waals surface area contributed by atoms with Crippen molar-refractivity contribution in [1.82, 2.24) is 10.3 Å². The van der Waals surface area contributed by atoms with Gasteiger partial charge in [0.15, 0.2) is 5.96 Å². The fourth-order valence-corrected chi connectivity index (χ4v) is 3.14. The van der Waals surface area contributed by atoms with Crippen LogP contribution in [0.1, 0.15) is 11.3 Å². The van der Waals surface area contributed by atoms with Crippen molar-refractivity contribution in [2.75, 3.05) is 0 Å². The SMILES string of the molecule is I.NC(=NCc1ccc(OC(F)(F)F)cc1)NCc1csc(-c2ccccc2)n1. The minimum Gasteiger partial charge on any atom is -0.406 e. The van der Waals surface area contributed by atoms with Gasteiger partial charge in [0.2, 0.25) is 0 Å². The summed E-state index contributed by atoms with van der Waals surface area (Å²) in [6, 6.07) is 15.4. The molecule has 1 aromatic heterocycles. The van der Waals surface area contributed by atoms with E-state index in [2.05, 4.69) is 20.0 Å². The fourth-order valence-electron chi connectivity index (χ4n) is 2.31. The highest BCUT2D eigenvalue weighted by molar-refractivity contribution is 14.0. The van der Waals surface area contributed by atoms with Crippen LogP contribution in [0, 0.1) is 0 Å². The van der Waals surface area contributed by atoms with Crippen LogP contribution in [0.15, 0.2) is 65.0 Å². The van der Waals surface area contributed by atoms with Gasteiger partial charge in [0, 0.05) is 10.9 Å². The van der Waals surface area contributed by atoms with Crippen molar-refractivity contribution in [3.63, 3.8) is 0 Å². The van der Waals surface area contributed by atoms with E-state index in [-0.39, 0.29) is 42.2 Å². The standard InChI is InChI=1S/C19H17F3N4OS.HI/c20-19(21,22)27-16-8-6-13(7-9-16)10-24-18(23)25-11-15-12-28-17(26-15)14-4-2-1-3-5-14;/h1-9,12H,10-11H2,(H3,23,24,25);1H. The van der Waals surface area contributed by atoms with Crippen LogP contribution in [0.25, 0.3) is 10.6 Å². The molecule has 0 amide bonds. The highest BCUT2D eigenvalue weighted by Gasteiger charge is 2.30. The number of thiazole rings is 1. The van der Waals surface area contributed by atoms with E-state index in [0.29, 0.717) is 12.1 Å². The molecular formula is C19H18F3IN4OS. The van der Waals surface area contributed by atoms with Crippen molar-refractivity contribution in [1.29, 1.82) is 0 Å². The molecule has 0 unspecified atom stereocenters. The Bertz CT molecular complexity index is 931.